The summed E-state index contributed by atoms with van der Waals surface area (Å²) in [4.78, 5) is 4.98. The van der Waals surface area contributed by atoms with Crippen molar-refractivity contribution in [3.8, 4) is 6.07 Å². The van der Waals surface area contributed by atoms with Crippen LogP contribution in [0.5, 0.6) is 0 Å². The van der Waals surface area contributed by atoms with Gasteiger partial charge in [0, 0.05) is 23.0 Å². The lowest BCUT2D eigenvalue weighted by Gasteiger charge is -2.04. The van der Waals surface area contributed by atoms with Crippen molar-refractivity contribution in [3.63, 3.8) is 0 Å². The number of hydrogen-bond acceptors (Lipinski definition) is 3. The molecular formula is C10H12N2S. The lowest BCUT2D eigenvalue weighted by atomic mass is 10.3. The third-order valence-corrected chi connectivity index (χ3v) is 2.95. The van der Waals surface area contributed by atoms with Crippen LogP contribution in [0.3, 0.4) is 0 Å². The van der Waals surface area contributed by atoms with Gasteiger partial charge in [-0.2, -0.15) is 5.26 Å². The first kappa shape index (κ1) is 10.1. The van der Waals surface area contributed by atoms with Crippen LogP contribution >= 0.6 is 11.8 Å². The van der Waals surface area contributed by atoms with Crippen LogP contribution < -0.4 is 0 Å². The van der Waals surface area contributed by atoms with E-state index in [1.54, 1.807) is 30.2 Å². The zero-order valence-electron chi connectivity index (χ0n) is 7.82. The maximum absolute atomic E-state index is 8.79. The summed E-state index contributed by atoms with van der Waals surface area (Å²) in [7, 11) is 0. The lowest BCUT2D eigenvalue weighted by Crippen LogP contribution is -1.92. The molecule has 0 fully saturated rings. The van der Waals surface area contributed by atoms with Crippen molar-refractivity contribution in [2.75, 3.05) is 5.75 Å². The van der Waals surface area contributed by atoms with Crippen molar-refractivity contribution in [2.24, 2.45) is 5.92 Å². The van der Waals surface area contributed by atoms with Crippen LogP contribution in [0.25, 0.3) is 0 Å². The molecule has 0 aliphatic carbocycles. The van der Waals surface area contributed by atoms with Crippen LogP contribution in [0.15, 0.2) is 23.4 Å². The van der Waals surface area contributed by atoms with Gasteiger partial charge in [-0.3, -0.25) is 4.98 Å². The summed E-state index contributed by atoms with van der Waals surface area (Å²) in [5.74, 6) is 1.66. The first-order valence-electron chi connectivity index (χ1n) is 4.21. The Labute approximate surface area is 83.0 Å². The number of pyridine rings is 1. The summed E-state index contributed by atoms with van der Waals surface area (Å²) in [6.45, 7) is 4.32. The van der Waals surface area contributed by atoms with E-state index >= 15 is 0 Å². The van der Waals surface area contributed by atoms with E-state index in [1.165, 1.54) is 0 Å². The number of nitrogens with zero attached hydrogens (tertiary/aromatic N) is 2. The monoisotopic (exact) mass is 192 g/mol. The second-order valence-corrected chi connectivity index (χ2v) is 4.25. The number of aromatic nitrogens is 1. The Morgan fingerprint density at radius 1 is 1.62 bits per heavy atom. The topological polar surface area (TPSA) is 36.7 Å². The third kappa shape index (κ3) is 3.08. The molecule has 1 heterocycles. The first-order valence-corrected chi connectivity index (χ1v) is 5.19. The van der Waals surface area contributed by atoms with Gasteiger partial charge in [0.25, 0.3) is 0 Å². The summed E-state index contributed by atoms with van der Waals surface area (Å²) in [6.07, 6.45) is 3.41. The quantitative estimate of drug-likeness (QED) is 0.691. The minimum Gasteiger partial charge on any atom is -0.263 e. The van der Waals surface area contributed by atoms with Gasteiger partial charge in [-0.05, 0) is 12.0 Å². The first-order chi connectivity index (χ1) is 6.24. The zero-order chi connectivity index (χ0) is 9.68. The SMILES string of the molecule is CC(C)CSc1cnccc1C#N. The van der Waals surface area contributed by atoms with Gasteiger partial charge < -0.3 is 0 Å². The predicted molar refractivity (Wildman–Crippen MR) is 54.5 cm³/mol. The standard InChI is InChI=1S/C10H12N2S/c1-8(2)7-13-10-6-12-4-3-9(10)5-11/h3-4,6,8H,7H2,1-2H3. The third-order valence-electron chi connectivity index (χ3n) is 1.48. The predicted octanol–water partition coefficient (Wildman–Crippen LogP) is 2.70. The van der Waals surface area contributed by atoms with Gasteiger partial charge in [0.05, 0.1) is 5.56 Å². The molecule has 0 radical (unpaired) electrons. The van der Waals surface area contributed by atoms with Gasteiger partial charge in [-0.15, -0.1) is 11.8 Å². The molecule has 1 aromatic rings. The molecule has 0 unspecified atom stereocenters. The largest absolute Gasteiger partial charge is 0.263 e. The molecule has 3 heteroatoms. The van der Waals surface area contributed by atoms with E-state index in [0.717, 1.165) is 16.2 Å². The van der Waals surface area contributed by atoms with Crippen LogP contribution in [-0.4, -0.2) is 10.7 Å². The second-order valence-electron chi connectivity index (χ2n) is 3.19. The molecule has 0 bridgehead atoms. The average Bonchev–Trinajstić information content (AvgIpc) is 2.15. The van der Waals surface area contributed by atoms with E-state index in [0.29, 0.717) is 5.92 Å². The molecular weight excluding hydrogens is 180 g/mol. The smallest absolute Gasteiger partial charge is 0.100 e. The van der Waals surface area contributed by atoms with E-state index in [4.69, 9.17) is 5.26 Å². The van der Waals surface area contributed by atoms with Gasteiger partial charge >= 0.3 is 0 Å². The fourth-order valence-electron chi connectivity index (χ4n) is 0.844. The van der Waals surface area contributed by atoms with Gasteiger partial charge in [0.15, 0.2) is 0 Å². The molecule has 68 valence electrons. The van der Waals surface area contributed by atoms with E-state index in [2.05, 4.69) is 24.9 Å². The molecule has 13 heavy (non-hydrogen) atoms. The van der Waals surface area contributed by atoms with Gasteiger partial charge in [-0.25, -0.2) is 0 Å². The van der Waals surface area contributed by atoms with E-state index in [1.807, 2.05) is 0 Å². The maximum atomic E-state index is 8.79. The summed E-state index contributed by atoms with van der Waals surface area (Å²) in [5.41, 5.74) is 0.723. The number of rotatable bonds is 3. The molecule has 1 aromatic heterocycles. The Bertz CT molecular complexity index is 315. The van der Waals surface area contributed by atoms with Crippen molar-refractivity contribution < 1.29 is 0 Å². The fourth-order valence-corrected chi connectivity index (χ4v) is 1.76. The van der Waals surface area contributed by atoms with Crippen molar-refractivity contribution >= 4 is 11.8 Å². The lowest BCUT2D eigenvalue weighted by molar-refractivity contribution is 0.750. The summed E-state index contributed by atoms with van der Waals surface area (Å²) >= 11 is 1.69. The minimum atomic E-state index is 0.636. The minimum absolute atomic E-state index is 0.636. The highest BCUT2D eigenvalue weighted by Gasteiger charge is 2.02. The van der Waals surface area contributed by atoms with Crippen LogP contribution in [-0.2, 0) is 0 Å². The molecule has 0 amide bonds. The van der Waals surface area contributed by atoms with Crippen molar-refractivity contribution in [2.45, 2.75) is 18.7 Å². The van der Waals surface area contributed by atoms with Crippen molar-refractivity contribution in [3.05, 3.63) is 24.0 Å². The molecule has 0 saturated carbocycles. The maximum Gasteiger partial charge on any atom is 0.100 e. The van der Waals surface area contributed by atoms with Crippen LogP contribution in [0.2, 0.25) is 0 Å². The molecule has 2 nitrogen and oxygen atoms in total. The normalized spacial score (nSPS) is 10.0. The van der Waals surface area contributed by atoms with Gasteiger partial charge in [-0.1, -0.05) is 13.8 Å². The molecule has 0 aliphatic heterocycles. The average molecular weight is 192 g/mol. The highest BCUT2D eigenvalue weighted by Crippen LogP contribution is 2.22. The van der Waals surface area contributed by atoms with Crippen LogP contribution in [0.4, 0.5) is 0 Å². The zero-order valence-corrected chi connectivity index (χ0v) is 8.64. The molecule has 0 atom stereocenters. The van der Waals surface area contributed by atoms with Gasteiger partial charge in [0.1, 0.15) is 6.07 Å². The Hall–Kier alpha value is -1.01. The van der Waals surface area contributed by atoms with Crippen LogP contribution in [0.1, 0.15) is 19.4 Å². The fraction of sp³-hybridized carbons (Fsp3) is 0.400. The van der Waals surface area contributed by atoms with Crippen molar-refractivity contribution in [1.82, 2.24) is 4.98 Å². The van der Waals surface area contributed by atoms with Crippen LogP contribution in [0, 0.1) is 17.2 Å². The van der Waals surface area contributed by atoms with E-state index in [9.17, 15) is 0 Å². The Morgan fingerprint density at radius 2 is 2.38 bits per heavy atom. The Morgan fingerprint density at radius 3 is 3.00 bits per heavy atom. The molecule has 0 aliphatic rings. The summed E-state index contributed by atoms with van der Waals surface area (Å²) in [6, 6.07) is 3.91. The molecule has 0 aromatic carbocycles. The van der Waals surface area contributed by atoms with E-state index in [-0.39, 0.29) is 0 Å². The highest BCUT2D eigenvalue weighted by molar-refractivity contribution is 7.99. The summed E-state index contributed by atoms with van der Waals surface area (Å²) < 4.78 is 0. The number of thioether (sulfide) groups is 1. The number of nitriles is 1. The highest BCUT2D eigenvalue weighted by atomic mass is 32.2. The second kappa shape index (κ2) is 4.88. The van der Waals surface area contributed by atoms with Gasteiger partial charge in [0.2, 0.25) is 0 Å². The molecule has 0 saturated heterocycles. The Balaban J connectivity index is 2.71. The molecule has 1 rings (SSSR count). The molecule has 0 N–H and O–H groups in total. The van der Waals surface area contributed by atoms with E-state index < -0.39 is 0 Å². The molecule has 0 spiro atoms. The number of hydrogen-bond donors (Lipinski definition) is 0. The Kier molecular flexibility index (Phi) is 3.78. The van der Waals surface area contributed by atoms with Crippen molar-refractivity contribution in [1.29, 1.82) is 5.26 Å². The summed E-state index contributed by atoms with van der Waals surface area (Å²) in [5, 5.41) is 8.79.